The molecule has 8 heteroatoms. The van der Waals surface area contributed by atoms with Gasteiger partial charge in [-0.2, -0.15) is 0 Å². The van der Waals surface area contributed by atoms with Crippen molar-refractivity contribution in [2.75, 3.05) is 27.4 Å². The maximum absolute atomic E-state index is 11.9. The molecule has 0 saturated heterocycles. The lowest BCUT2D eigenvalue weighted by molar-refractivity contribution is -0.384. The van der Waals surface area contributed by atoms with Crippen LogP contribution in [-0.4, -0.2) is 49.4 Å². The smallest absolute Gasteiger partial charge is 0.270 e. The first-order chi connectivity index (χ1) is 9.49. The van der Waals surface area contributed by atoms with Crippen LogP contribution < -0.4 is 10.1 Å². The van der Waals surface area contributed by atoms with Crippen LogP contribution in [0.4, 0.5) is 5.69 Å². The number of amides is 1. The predicted octanol–water partition coefficient (Wildman–Crippen LogP) is 0.340. The van der Waals surface area contributed by atoms with E-state index in [1.165, 1.54) is 26.4 Å². The van der Waals surface area contributed by atoms with E-state index in [1.54, 1.807) is 0 Å². The van der Waals surface area contributed by atoms with E-state index in [0.717, 1.165) is 6.07 Å². The number of non-ortho nitro benzene ring substituents is 1. The van der Waals surface area contributed by atoms with Gasteiger partial charge in [0, 0.05) is 25.8 Å². The molecule has 1 aromatic carbocycles. The number of hydrogen-bond acceptors (Lipinski definition) is 6. The predicted molar refractivity (Wildman–Crippen MR) is 69.9 cm³/mol. The van der Waals surface area contributed by atoms with Crippen LogP contribution in [-0.2, 0) is 4.74 Å². The van der Waals surface area contributed by atoms with Crippen LogP contribution in [0, 0.1) is 10.1 Å². The minimum absolute atomic E-state index is 0.0292. The Bertz CT molecular complexity index is 491. The Kier molecular flexibility index (Phi) is 5.88. The number of rotatable bonds is 7. The normalized spacial score (nSPS) is 11.8. The van der Waals surface area contributed by atoms with E-state index in [9.17, 15) is 20.0 Å². The summed E-state index contributed by atoms with van der Waals surface area (Å²) in [4.78, 5) is 22.0. The van der Waals surface area contributed by atoms with Crippen LogP contribution in [0.25, 0.3) is 0 Å². The molecule has 1 amide bonds. The average Bonchev–Trinajstić information content (AvgIpc) is 2.44. The van der Waals surface area contributed by atoms with E-state index in [2.05, 4.69) is 5.32 Å². The number of carbonyl (C=O) groups is 1. The molecule has 0 saturated carbocycles. The topological polar surface area (TPSA) is 111 Å². The minimum Gasteiger partial charge on any atom is -0.496 e. The van der Waals surface area contributed by atoms with Gasteiger partial charge in [-0.05, 0) is 6.07 Å². The summed E-state index contributed by atoms with van der Waals surface area (Å²) in [5.41, 5.74) is -0.181. The maximum atomic E-state index is 11.9. The molecule has 1 atom stereocenters. The van der Waals surface area contributed by atoms with Gasteiger partial charge in [-0.1, -0.05) is 0 Å². The van der Waals surface area contributed by atoms with Crippen molar-refractivity contribution >= 4 is 11.6 Å². The number of nitrogens with one attached hydrogen (secondary N) is 1. The van der Waals surface area contributed by atoms with Gasteiger partial charge in [0.05, 0.1) is 30.3 Å². The van der Waals surface area contributed by atoms with Crippen LogP contribution in [0.5, 0.6) is 5.75 Å². The van der Waals surface area contributed by atoms with Crippen LogP contribution >= 0.6 is 0 Å². The van der Waals surface area contributed by atoms with Crippen molar-refractivity contribution < 1.29 is 24.3 Å². The summed E-state index contributed by atoms with van der Waals surface area (Å²) in [5, 5.41) is 22.6. The van der Waals surface area contributed by atoms with E-state index in [-0.39, 0.29) is 30.2 Å². The number of aliphatic hydroxyl groups is 1. The van der Waals surface area contributed by atoms with Gasteiger partial charge in [-0.3, -0.25) is 14.9 Å². The summed E-state index contributed by atoms with van der Waals surface area (Å²) in [7, 11) is 2.78. The number of hydrogen-bond donors (Lipinski definition) is 2. The Balaban J connectivity index is 2.84. The SMILES string of the molecule is COCC(O)CNC(=O)c1cc([N+](=O)[O-])ccc1OC. The number of methoxy groups -OCH3 is 2. The summed E-state index contributed by atoms with van der Waals surface area (Å²) in [6.45, 7) is 0.0465. The highest BCUT2D eigenvalue weighted by Gasteiger charge is 2.18. The summed E-state index contributed by atoms with van der Waals surface area (Å²) in [5.74, 6) is -0.352. The molecule has 1 rings (SSSR count). The fourth-order valence-electron chi connectivity index (χ4n) is 1.54. The molecule has 110 valence electrons. The maximum Gasteiger partial charge on any atom is 0.270 e. The molecule has 0 fully saturated rings. The van der Waals surface area contributed by atoms with Crippen molar-refractivity contribution in [1.82, 2.24) is 5.32 Å². The standard InChI is InChI=1S/C12H16N2O6/c1-19-7-9(15)6-13-12(16)10-5-8(14(17)18)3-4-11(10)20-2/h3-5,9,15H,6-7H2,1-2H3,(H,13,16). The number of nitrogens with zero attached hydrogens (tertiary/aromatic N) is 1. The highest BCUT2D eigenvalue weighted by molar-refractivity contribution is 5.97. The third-order valence-electron chi connectivity index (χ3n) is 2.50. The van der Waals surface area contributed by atoms with Crippen molar-refractivity contribution in [1.29, 1.82) is 0 Å². The molecule has 8 nitrogen and oxygen atoms in total. The van der Waals surface area contributed by atoms with E-state index in [4.69, 9.17) is 9.47 Å². The molecule has 0 spiro atoms. The monoisotopic (exact) mass is 284 g/mol. The lowest BCUT2D eigenvalue weighted by atomic mass is 10.1. The fraction of sp³-hybridized carbons (Fsp3) is 0.417. The van der Waals surface area contributed by atoms with Crippen molar-refractivity contribution in [2.45, 2.75) is 6.10 Å². The van der Waals surface area contributed by atoms with Crippen molar-refractivity contribution in [3.63, 3.8) is 0 Å². The highest BCUT2D eigenvalue weighted by Crippen LogP contribution is 2.23. The van der Waals surface area contributed by atoms with Gasteiger partial charge < -0.3 is 19.9 Å². The van der Waals surface area contributed by atoms with Gasteiger partial charge in [-0.25, -0.2) is 0 Å². The first kappa shape index (κ1) is 15.9. The van der Waals surface area contributed by atoms with Crippen molar-refractivity contribution in [2.24, 2.45) is 0 Å². The molecule has 0 aromatic heterocycles. The van der Waals surface area contributed by atoms with Gasteiger partial charge in [0.1, 0.15) is 5.75 Å². The Morgan fingerprint density at radius 3 is 2.75 bits per heavy atom. The lowest BCUT2D eigenvalue weighted by Crippen LogP contribution is -2.34. The Morgan fingerprint density at radius 2 is 2.20 bits per heavy atom. The summed E-state index contributed by atoms with van der Waals surface area (Å²) >= 11 is 0. The third-order valence-corrected chi connectivity index (χ3v) is 2.50. The molecule has 2 N–H and O–H groups in total. The quantitative estimate of drug-likeness (QED) is 0.551. The molecule has 0 aliphatic heterocycles. The molecule has 0 aliphatic rings. The molecule has 20 heavy (non-hydrogen) atoms. The molecule has 0 radical (unpaired) electrons. The van der Waals surface area contributed by atoms with Crippen molar-refractivity contribution in [3.8, 4) is 5.75 Å². The van der Waals surface area contributed by atoms with Gasteiger partial charge >= 0.3 is 0 Å². The zero-order chi connectivity index (χ0) is 15.1. The lowest BCUT2D eigenvalue weighted by Gasteiger charge is -2.12. The van der Waals surface area contributed by atoms with Crippen LogP contribution in [0.15, 0.2) is 18.2 Å². The van der Waals surface area contributed by atoms with E-state index in [1.807, 2.05) is 0 Å². The van der Waals surface area contributed by atoms with Crippen LogP contribution in [0.3, 0.4) is 0 Å². The molecular weight excluding hydrogens is 268 g/mol. The fourth-order valence-corrected chi connectivity index (χ4v) is 1.54. The Hall–Kier alpha value is -2.19. The first-order valence-corrected chi connectivity index (χ1v) is 5.77. The number of ether oxygens (including phenoxy) is 2. The summed E-state index contributed by atoms with van der Waals surface area (Å²) in [6, 6.07) is 3.71. The van der Waals surface area contributed by atoms with Gasteiger partial charge in [0.2, 0.25) is 0 Å². The highest BCUT2D eigenvalue weighted by atomic mass is 16.6. The molecule has 1 unspecified atom stereocenters. The largest absolute Gasteiger partial charge is 0.496 e. The van der Waals surface area contributed by atoms with Gasteiger partial charge in [0.25, 0.3) is 11.6 Å². The summed E-state index contributed by atoms with van der Waals surface area (Å²) in [6.07, 6.45) is -0.853. The second kappa shape index (κ2) is 7.41. The molecule has 0 aliphatic carbocycles. The number of carbonyl (C=O) groups excluding carboxylic acids is 1. The van der Waals surface area contributed by atoms with E-state index in [0.29, 0.717) is 0 Å². The zero-order valence-electron chi connectivity index (χ0n) is 11.2. The molecular formula is C12H16N2O6. The first-order valence-electron chi connectivity index (χ1n) is 5.77. The third kappa shape index (κ3) is 4.18. The number of nitro groups is 1. The number of nitro benzene ring substituents is 1. The number of benzene rings is 1. The Labute approximate surface area is 115 Å². The second-order valence-corrected chi connectivity index (χ2v) is 3.96. The Morgan fingerprint density at radius 1 is 1.50 bits per heavy atom. The van der Waals surface area contributed by atoms with Crippen LogP contribution in [0.1, 0.15) is 10.4 Å². The number of aliphatic hydroxyl groups excluding tert-OH is 1. The van der Waals surface area contributed by atoms with E-state index < -0.39 is 16.9 Å². The second-order valence-electron chi connectivity index (χ2n) is 3.96. The zero-order valence-corrected chi connectivity index (χ0v) is 11.2. The molecule has 0 bridgehead atoms. The summed E-state index contributed by atoms with van der Waals surface area (Å²) < 4.78 is 9.71. The molecule has 0 heterocycles. The van der Waals surface area contributed by atoms with Gasteiger partial charge in [0.15, 0.2) is 0 Å². The van der Waals surface area contributed by atoms with Gasteiger partial charge in [-0.15, -0.1) is 0 Å². The van der Waals surface area contributed by atoms with Crippen LogP contribution in [0.2, 0.25) is 0 Å². The molecule has 1 aromatic rings. The minimum atomic E-state index is -0.853. The van der Waals surface area contributed by atoms with E-state index >= 15 is 0 Å². The average molecular weight is 284 g/mol. The van der Waals surface area contributed by atoms with Crippen molar-refractivity contribution in [3.05, 3.63) is 33.9 Å².